The maximum absolute atomic E-state index is 13.7. The van der Waals surface area contributed by atoms with Gasteiger partial charge in [-0.25, -0.2) is 9.98 Å². The van der Waals surface area contributed by atoms with E-state index < -0.39 is 0 Å². The molecular formula is C40H36Br2N4O4. The number of benzene rings is 4. The van der Waals surface area contributed by atoms with E-state index >= 15 is 0 Å². The lowest BCUT2D eigenvalue weighted by atomic mass is 10.1. The minimum absolute atomic E-state index is 0.125. The number of aliphatic imine (C=N–C) groups is 2. The zero-order valence-electron chi connectivity index (χ0n) is 27.8. The molecule has 0 saturated carbocycles. The van der Waals surface area contributed by atoms with E-state index in [2.05, 4.69) is 31.9 Å². The molecule has 2 aliphatic rings. The quantitative estimate of drug-likeness (QED) is 0.100. The van der Waals surface area contributed by atoms with Crippen LogP contribution in [0.5, 0.6) is 11.5 Å². The summed E-state index contributed by atoms with van der Waals surface area (Å²) in [7, 11) is 3.25. The van der Waals surface area contributed by atoms with Gasteiger partial charge in [0.1, 0.15) is 34.6 Å². The number of hydrogen-bond acceptors (Lipinski definition) is 6. The zero-order valence-corrected chi connectivity index (χ0v) is 31.0. The Balaban J connectivity index is 1.11. The molecule has 10 heteroatoms. The second kappa shape index (κ2) is 16.3. The fourth-order valence-corrected chi connectivity index (χ4v) is 6.75. The van der Waals surface area contributed by atoms with Gasteiger partial charge in [-0.2, -0.15) is 0 Å². The fourth-order valence-electron chi connectivity index (χ4n) is 5.82. The first-order valence-electron chi connectivity index (χ1n) is 16.4. The van der Waals surface area contributed by atoms with Crippen molar-refractivity contribution in [3.63, 3.8) is 0 Å². The second-order valence-corrected chi connectivity index (χ2v) is 13.5. The molecule has 2 heterocycles. The van der Waals surface area contributed by atoms with E-state index in [1.807, 2.05) is 109 Å². The van der Waals surface area contributed by atoms with Crippen molar-refractivity contribution in [3.8, 4) is 11.5 Å². The molecule has 0 saturated heterocycles. The molecule has 2 aliphatic heterocycles. The number of carbonyl (C=O) groups is 2. The normalized spacial score (nSPS) is 16.0. The summed E-state index contributed by atoms with van der Waals surface area (Å²) in [6.07, 6.45) is 6.95. The van der Waals surface area contributed by atoms with Crippen LogP contribution in [0.25, 0.3) is 12.2 Å². The molecule has 0 spiro atoms. The van der Waals surface area contributed by atoms with Crippen molar-refractivity contribution in [2.75, 3.05) is 27.3 Å². The minimum Gasteiger partial charge on any atom is -0.497 e. The van der Waals surface area contributed by atoms with Crippen LogP contribution in [-0.4, -0.2) is 60.6 Å². The Hall–Kier alpha value is -4.80. The Bertz CT molecular complexity index is 1860. The van der Waals surface area contributed by atoms with Crippen molar-refractivity contribution in [1.82, 2.24) is 9.80 Å². The fraction of sp³-hybridized carbons (Fsp3) is 0.200. The predicted octanol–water partition coefficient (Wildman–Crippen LogP) is 8.75. The van der Waals surface area contributed by atoms with E-state index in [0.717, 1.165) is 68.4 Å². The molecule has 6 rings (SSSR count). The van der Waals surface area contributed by atoms with Crippen LogP contribution in [0.1, 0.15) is 47.9 Å². The maximum Gasteiger partial charge on any atom is 0.278 e. The third kappa shape index (κ3) is 7.98. The number of methoxy groups -OCH3 is 2. The molecule has 0 aliphatic carbocycles. The summed E-state index contributed by atoms with van der Waals surface area (Å²) in [5.74, 6) is 2.52. The lowest BCUT2D eigenvalue weighted by Crippen LogP contribution is -2.34. The summed E-state index contributed by atoms with van der Waals surface area (Å²) >= 11 is 7.29. The summed E-state index contributed by atoms with van der Waals surface area (Å²) in [6, 6.07) is 30.7. The molecule has 0 aromatic heterocycles. The van der Waals surface area contributed by atoms with Crippen LogP contribution in [0.2, 0.25) is 0 Å². The van der Waals surface area contributed by atoms with E-state index in [1.165, 1.54) is 0 Å². The van der Waals surface area contributed by atoms with E-state index in [0.29, 0.717) is 36.2 Å². The lowest BCUT2D eigenvalue weighted by Gasteiger charge is -2.20. The van der Waals surface area contributed by atoms with E-state index in [4.69, 9.17) is 19.5 Å². The third-order valence-corrected chi connectivity index (χ3v) is 9.86. The highest BCUT2D eigenvalue weighted by Gasteiger charge is 2.33. The number of amides is 2. The van der Waals surface area contributed by atoms with Crippen LogP contribution in [0, 0.1) is 0 Å². The van der Waals surface area contributed by atoms with Gasteiger partial charge >= 0.3 is 0 Å². The number of nitrogens with zero attached hydrogens (tertiary/aromatic N) is 4. The van der Waals surface area contributed by atoms with E-state index in [1.54, 1.807) is 24.0 Å². The smallest absolute Gasteiger partial charge is 0.278 e. The number of unbranched alkanes of at least 4 members (excludes halogenated alkanes) is 3. The molecule has 8 nitrogen and oxygen atoms in total. The summed E-state index contributed by atoms with van der Waals surface area (Å²) in [5.41, 5.74) is 4.26. The van der Waals surface area contributed by atoms with Gasteiger partial charge in [0.2, 0.25) is 0 Å². The first-order valence-corrected chi connectivity index (χ1v) is 18.0. The van der Waals surface area contributed by atoms with Gasteiger partial charge < -0.3 is 9.47 Å². The Morgan fingerprint density at radius 2 is 0.940 bits per heavy atom. The summed E-state index contributed by atoms with van der Waals surface area (Å²) < 4.78 is 12.3. The van der Waals surface area contributed by atoms with Crippen molar-refractivity contribution in [2.24, 2.45) is 9.98 Å². The Morgan fingerprint density at radius 1 is 0.560 bits per heavy atom. The van der Waals surface area contributed by atoms with Crippen LogP contribution >= 0.6 is 31.9 Å². The first kappa shape index (κ1) is 35.0. The molecule has 2 amide bonds. The predicted molar refractivity (Wildman–Crippen MR) is 205 cm³/mol. The Labute approximate surface area is 309 Å². The summed E-state index contributed by atoms with van der Waals surface area (Å²) in [4.78, 5) is 40.5. The Morgan fingerprint density at radius 3 is 1.30 bits per heavy atom. The van der Waals surface area contributed by atoms with Gasteiger partial charge in [0.15, 0.2) is 0 Å². The van der Waals surface area contributed by atoms with Crippen molar-refractivity contribution in [1.29, 1.82) is 0 Å². The van der Waals surface area contributed by atoms with Gasteiger partial charge in [-0.1, -0.05) is 105 Å². The topological polar surface area (TPSA) is 83.8 Å². The second-order valence-electron chi connectivity index (χ2n) is 11.8. The van der Waals surface area contributed by atoms with Gasteiger partial charge in [-0.05, 0) is 72.5 Å². The maximum atomic E-state index is 13.7. The summed E-state index contributed by atoms with van der Waals surface area (Å²) in [6.45, 7) is 1.06. The zero-order chi connectivity index (χ0) is 35.0. The van der Waals surface area contributed by atoms with Crippen molar-refractivity contribution >= 4 is 67.5 Å². The van der Waals surface area contributed by atoms with Gasteiger partial charge in [0, 0.05) is 33.2 Å². The average molecular weight is 797 g/mol. The number of carbonyl (C=O) groups excluding carboxylic acids is 2. The van der Waals surface area contributed by atoms with Gasteiger partial charge in [-0.15, -0.1) is 0 Å². The van der Waals surface area contributed by atoms with Crippen LogP contribution in [0.4, 0.5) is 0 Å². The lowest BCUT2D eigenvalue weighted by molar-refractivity contribution is -0.123. The highest BCUT2D eigenvalue weighted by molar-refractivity contribution is 9.10. The molecule has 50 heavy (non-hydrogen) atoms. The number of hydrogen-bond donors (Lipinski definition) is 0. The van der Waals surface area contributed by atoms with Gasteiger partial charge in [0.25, 0.3) is 11.8 Å². The molecule has 0 radical (unpaired) electrons. The number of amidine groups is 2. The number of rotatable bonds is 13. The minimum atomic E-state index is -0.125. The van der Waals surface area contributed by atoms with Crippen molar-refractivity contribution in [3.05, 3.63) is 140 Å². The number of ether oxygens (including phenoxy) is 2. The van der Waals surface area contributed by atoms with E-state index in [9.17, 15) is 9.59 Å². The molecule has 0 bridgehead atoms. The molecule has 4 aromatic carbocycles. The van der Waals surface area contributed by atoms with E-state index in [-0.39, 0.29) is 11.8 Å². The molecule has 254 valence electrons. The molecule has 0 N–H and O–H groups in total. The molecule has 0 fully saturated rings. The van der Waals surface area contributed by atoms with Crippen LogP contribution in [-0.2, 0) is 9.59 Å². The van der Waals surface area contributed by atoms with Crippen molar-refractivity contribution < 1.29 is 19.1 Å². The molecule has 4 aromatic rings. The molecule has 0 atom stereocenters. The summed E-state index contributed by atoms with van der Waals surface area (Å²) in [5, 5.41) is 0. The van der Waals surface area contributed by atoms with Crippen LogP contribution < -0.4 is 9.47 Å². The first-order chi connectivity index (χ1) is 24.4. The van der Waals surface area contributed by atoms with Crippen molar-refractivity contribution in [2.45, 2.75) is 25.7 Å². The monoisotopic (exact) mass is 794 g/mol. The van der Waals surface area contributed by atoms with Crippen LogP contribution in [0.15, 0.2) is 127 Å². The molecular weight excluding hydrogens is 760 g/mol. The standard InChI is InChI=1S/C40H36Br2N4O4/c1-49-29-19-15-27(16-20-29)25-35-39(47)45(37(43-35)31-11-5-7-13-33(31)41)23-9-3-4-10-24-46-38(32-12-6-8-14-34(32)42)44-36(40(46)48)26-28-17-21-30(50-2)22-18-28/h5-8,11-22,25-26H,3-4,9-10,23-24H2,1-2H3/b35-25-,36-26+. The average Bonchev–Trinajstić information content (AvgIpc) is 3.61. The highest BCUT2D eigenvalue weighted by atomic mass is 79.9. The van der Waals surface area contributed by atoms with Crippen LogP contribution in [0.3, 0.4) is 0 Å². The highest BCUT2D eigenvalue weighted by Crippen LogP contribution is 2.29. The third-order valence-electron chi connectivity index (χ3n) is 8.47. The largest absolute Gasteiger partial charge is 0.497 e. The van der Waals surface area contributed by atoms with Gasteiger partial charge in [-0.3, -0.25) is 19.4 Å². The Kier molecular flexibility index (Phi) is 11.4. The molecule has 0 unspecified atom stereocenters. The van der Waals surface area contributed by atoms with Gasteiger partial charge in [0.05, 0.1) is 14.2 Å². The SMILES string of the molecule is COc1ccc(/C=C2\N=C(c3ccccc3Br)N(CCCCCCN3C(=O)/C(=C\c4ccc(OC)cc4)N=C3c3ccccc3Br)C2=O)cc1. The number of halogens is 2.